The van der Waals surface area contributed by atoms with Gasteiger partial charge in [-0.2, -0.15) is 0 Å². The number of hydrogen-bond acceptors (Lipinski definition) is 1. The summed E-state index contributed by atoms with van der Waals surface area (Å²) < 4.78 is 0. The maximum absolute atomic E-state index is 12.6. The van der Waals surface area contributed by atoms with Crippen molar-refractivity contribution in [1.82, 2.24) is 4.90 Å². The minimum atomic E-state index is -0.132. The van der Waals surface area contributed by atoms with E-state index in [0.29, 0.717) is 10.0 Å². The summed E-state index contributed by atoms with van der Waals surface area (Å²) in [7, 11) is 0. The second-order valence-corrected chi connectivity index (χ2v) is 6.24. The van der Waals surface area contributed by atoms with Gasteiger partial charge in [0.2, 0.25) is 5.91 Å². The second kappa shape index (κ2) is 6.15. The molecule has 1 aromatic carbocycles. The number of benzene rings is 1. The summed E-state index contributed by atoms with van der Waals surface area (Å²) in [6, 6.07) is 5.50. The average Bonchev–Trinajstić information content (AvgIpc) is 2.87. The lowest BCUT2D eigenvalue weighted by Crippen LogP contribution is -2.34. The highest BCUT2D eigenvalue weighted by atomic mass is 35.5. The fourth-order valence-corrected chi connectivity index (χ4v) is 2.96. The smallest absolute Gasteiger partial charge is 0.230 e. The third-order valence-corrected chi connectivity index (χ3v) is 4.39. The van der Waals surface area contributed by atoms with Gasteiger partial charge in [0, 0.05) is 13.1 Å². The molecule has 1 fully saturated rings. The highest BCUT2D eigenvalue weighted by molar-refractivity contribution is 6.42. The van der Waals surface area contributed by atoms with E-state index in [1.54, 1.807) is 6.07 Å². The zero-order chi connectivity index (χ0) is 14.0. The first kappa shape index (κ1) is 14.7. The van der Waals surface area contributed by atoms with Gasteiger partial charge in [0.15, 0.2) is 0 Å². The van der Waals surface area contributed by atoms with Crippen LogP contribution in [-0.4, -0.2) is 23.9 Å². The van der Waals surface area contributed by atoms with Crippen molar-refractivity contribution in [2.24, 2.45) is 5.92 Å². The van der Waals surface area contributed by atoms with Crippen LogP contribution < -0.4 is 0 Å². The minimum Gasteiger partial charge on any atom is -0.342 e. The van der Waals surface area contributed by atoms with Gasteiger partial charge in [0.1, 0.15) is 0 Å². The highest BCUT2D eigenvalue weighted by Crippen LogP contribution is 2.32. The molecule has 0 saturated carbocycles. The highest BCUT2D eigenvalue weighted by Gasteiger charge is 2.30. The largest absolute Gasteiger partial charge is 0.342 e. The Morgan fingerprint density at radius 3 is 2.32 bits per heavy atom. The molecule has 1 amide bonds. The maximum Gasteiger partial charge on any atom is 0.230 e. The topological polar surface area (TPSA) is 20.3 Å². The van der Waals surface area contributed by atoms with Crippen molar-refractivity contribution in [3.8, 4) is 0 Å². The van der Waals surface area contributed by atoms with Crippen LogP contribution in [0.1, 0.15) is 38.2 Å². The van der Waals surface area contributed by atoms with Gasteiger partial charge < -0.3 is 4.90 Å². The molecule has 1 aliphatic heterocycles. The van der Waals surface area contributed by atoms with Crippen LogP contribution in [-0.2, 0) is 4.79 Å². The maximum atomic E-state index is 12.6. The molecule has 0 bridgehead atoms. The summed E-state index contributed by atoms with van der Waals surface area (Å²) in [6.45, 7) is 5.90. The molecule has 19 heavy (non-hydrogen) atoms. The molecule has 2 nitrogen and oxygen atoms in total. The monoisotopic (exact) mass is 299 g/mol. The van der Waals surface area contributed by atoms with E-state index in [1.165, 1.54) is 0 Å². The van der Waals surface area contributed by atoms with Crippen LogP contribution in [0.15, 0.2) is 18.2 Å². The number of amides is 1. The summed E-state index contributed by atoms with van der Waals surface area (Å²) >= 11 is 12.0. The molecule has 0 spiro atoms. The van der Waals surface area contributed by atoms with Crippen molar-refractivity contribution in [2.75, 3.05) is 13.1 Å². The fourth-order valence-electron chi connectivity index (χ4n) is 2.65. The van der Waals surface area contributed by atoms with E-state index in [2.05, 4.69) is 13.8 Å². The second-order valence-electron chi connectivity index (χ2n) is 5.43. The Hall–Kier alpha value is -0.730. The van der Waals surface area contributed by atoms with Crippen molar-refractivity contribution in [2.45, 2.75) is 32.6 Å². The SMILES string of the molecule is CC(C)C(C(=O)N1CCCC1)c1ccc(Cl)c(Cl)c1. The van der Waals surface area contributed by atoms with Gasteiger partial charge in [0.25, 0.3) is 0 Å². The van der Waals surface area contributed by atoms with Crippen LogP contribution in [0.25, 0.3) is 0 Å². The first-order chi connectivity index (χ1) is 9.00. The lowest BCUT2D eigenvalue weighted by atomic mass is 9.87. The standard InChI is InChI=1S/C15H19Cl2NO/c1-10(2)14(15(19)18-7-3-4-8-18)11-5-6-12(16)13(17)9-11/h5-6,9-10,14H,3-4,7-8H2,1-2H3. The Labute approximate surface area is 124 Å². The van der Waals surface area contributed by atoms with Crippen LogP contribution in [0.3, 0.4) is 0 Å². The van der Waals surface area contributed by atoms with Crippen LogP contribution in [0.5, 0.6) is 0 Å². The number of hydrogen-bond donors (Lipinski definition) is 0. The first-order valence-corrected chi connectivity index (χ1v) is 7.50. The van der Waals surface area contributed by atoms with Crippen LogP contribution in [0, 0.1) is 5.92 Å². The van der Waals surface area contributed by atoms with Crippen LogP contribution >= 0.6 is 23.2 Å². The Bertz CT molecular complexity index is 467. The number of carbonyl (C=O) groups is 1. The van der Waals surface area contributed by atoms with E-state index in [-0.39, 0.29) is 17.7 Å². The molecule has 4 heteroatoms. The quantitative estimate of drug-likeness (QED) is 0.812. The van der Waals surface area contributed by atoms with Gasteiger partial charge in [-0.3, -0.25) is 4.79 Å². The lowest BCUT2D eigenvalue weighted by Gasteiger charge is -2.26. The van der Waals surface area contributed by atoms with Crippen molar-refractivity contribution in [1.29, 1.82) is 0 Å². The summed E-state index contributed by atoms with van der Waals surface area (Å²) in [5, 5.41) is 1.04. The van der Waals surface area contributed by atoms with Crippen LogP contribution in [0.4, 0.5) is 0 Å². The van der Waals surface area contributed by atoms with E-state index < -0.39 is 0 Å². The normalized spacial score (nSPS) is 17.0. The molecule has 104 valence electrons. The number of rotatable bonds is 3. The molecule has 1 saturated heterocycles. The number of halogens is 2. The summed E-state index contributed by atoms with van der Waals surface area (Å²) in [5.74, 6) is 0.323. The molecule has 2 rings (SSSR count). The molecule has 1 aromatic rings. The van der Waals surface area contributed by atoms with Crippen LogP contribution in [0.2, 0.25) is 10.0 Å². The van der Waals surface area contributed by atoms with Crippen molar-refractivity contribution >= 4 is 29.1 Å². The van der Waals surface area contributed by atoms with Gasteiger partial charge in [-0.25, -0.2) is 0 Å². The molecule has 0 N–H and O–H groups in total. The molecule has 1 aliphatic rings. The van der Waals surface area contributed by atoms with Crippen molar-refractivity contribution < 1.29 is 4.79 Å². The summed E-state index contributed by atoms with van der Waals surface area (Å²) in [5.41, 5.74) is 0.960. The average molecular weight is 300 g/mol. The van der Waals surface area contributed by atoms with Gasteiger partial charge in [-0.05, 0) is 36.5 Å². The molecule has 1 atom stereocenters. The third-order valence-electron chi connectivity index (χ3n) is 3.65. The lowest BCUT2D eigenvalue weighted by molar-refractivity contribution is -0.132. The minimum absolute atomic E-state index is 0.132. The number of carbonyl (C=O) groups excluding carboxylic acids is 1. The van der Waals surface area contributed by atoms with E-state index in [0.717, 1.165) is 31.5 Å². The van der Waals surface area contributed by atoms with E-state index >= 15 is 0 Å². The Kier molecular flexibility index (Phi) is 4.75. The fraction of sp³-hybridized carbons (Fsp3) is 0.533. The first-order valence-electron chi connectivity index (χ1n) is 6.74. The summed E-state index contributed by atoms with van der Waals surface area (Å²) in [4.78, 5) is 14.6. The predicted octanol–water partition coefficient (Wildman–Crippen LogP) is 4.36. The molecular formula is C15H19Cl2NO. The van der Waals surface area contributed by atoms with E-state index in [9.17, 15) is 4.79 Å². The van der Waals surface area contributed by atoms with Crippen molar-refractivity contribution in [3.05, 3.63) is 33.8 Å². The zero-order valence-corrected chi connectivity index (χ0v) is 12.8. The van der Waals surface area contributed by atoms with Gasteiger partial charge in [0.05, 0.1) is 16.0 Å². The number of nitrogens with zero attached hydrogens (tertiary/aromatic N) is 1. The van der Waals surface area contributed by atoms with Gasteiger partial charge in [-0.15, -0.1) is 0 Å². The van der Waals surface area contributed by atoms with Gasteiger partial charge >= 0.3 is 0 Å². The van der Waals surface area contributed by atoms with E-state index in [1.807, 2.05) is 17.0 Å². The molecule has 1 heterocycles. The Morgan fingerprint density at radius 1 is 1.16 bits per heavy atom. The molecular weight excluding hydrogens is 281 g/mol. The molecule has 0 radical (unpaired) electrons. The van der Waals surface area contributed by atoms with E-state index in [4.69, 9.17) is 23.2 Å². The predicted molar refractivity (Wildman–Crippen MR) is 79.9 cm³/mol. The van der Waals surface area contributed by atoms with Gasteiger partial charge in [-0.1, -0.05) is 43.1 Å². The number of likely N-dealkylation sites (tertiary alicyclic amines) is 1. The molecule has 1 unspecified atom stereocenters. The molecule has 0 aromatic heterocycles. The van der Waals surface area contributed by atoms with Crippen molar-refractivity contribution in [3.63, 3.8) is 0 Å². The Balaban J connectivity index is 2.28. The zero-order valence-electron chi connectivity index (χ0n) is 11.3. The summed E-state index contributed by atoms with van der Waals surface area (Å²) in [6.07, 6.45) is 2.22. The third kappa shape index (κ3) is 3.24. The Morgan fingerprint density at radius 2 is 1.79 bits per heavy atom. The molecule has 0 aliphatic carbocycles.